The normalized spacial score (nSPS) is 10.3. The molecule has 0 saturated heterocycles. The number of pyridine rings is 1. The van der Waals surface area contributed by atoms with Crippen molar-refractivity contribution in [1.29, 1.82) is 0 Å². The molecule has 2 heterocycles. The third kappa shape index (κ3) is 4.31. The van der Waals surface area contributed by atoms with E-state index in [2.05, 4.69) is 20.3 Å². The van der Waals surface area contributed by atoms with Crippen molar-refractivity contribution in [2.24, 2.45) is 5.92 Å². The third-order valence-electron chi connectivity index (χ3n) is 2.36. The van der Waals surface area contributed by atoms with Crippen molar-refractivity contribution >= 4 is 11.6 Å². The second-order valence-corrected chi connectivity index (χ2v) is 4.73. The second-order valence-electron chi connectivity index (χ2n) is 4.73. The van der Waals surface area contributed by atoms with Gasteiger partial charge in [-0.2, -0.15) is 0 Å². The van der Waals surface area contributed by atoms with Crippen molar-refractivity contribution in [3.05, 3.63) is 37.2 Å². The Morgan fingerprint density at radius 3 is 2.55 bits per heavy atom. The lowest BCUT2D eigenvalue weighted by atomic mass is 10.1. The van der Waals surface area contributed by atoms with Gasteiger partial charge in [-0.15, -0.1) is 0 Å². The lowest BCUT2D eigenvalue weighted by Crippen LogP contribution is -2.13. The zero-order chi connectivity index (χ0) is 14.4. The fourth-order valence-electron chi connectivity index (χ4n) is 1.60. The van der Waals surface area contributed by atoms with Crippen molar-refractivity contribution in [3.63, 3.8) is 0 Å². The molecule has 0 fully saturated rings. The predicted octanol–water partition coefficient (Wildman–Crippen LogP) is 2.65. The fourth-order valence-corrected chi connectivity index (χ4v) is 1.60. The summed E-state index contributed by atoms with van der Waals surface area (Å²) in [5, 5.41) is 2.79. The van der Waals surface area contributed by atoms with Crippen LogP contribution in [-0.2, 0) is 4.79 Å². The van der Waals surface area contributed by atoms with E-state index < -0.39 is 0 Å². The minimum Gasteiger partial charge on any atom is -0.452 e. The number of rotatable bonds is 5. The van der Waals surface area contributed by atoms with Crippen LogP contribution in [0.15, 0.2) is 37.2 Å². The average Bonchev–Trinajstić information content (AvgIpc) is 2.39. The van der Waals surface area contributed by atoms with Crippen LogP contribution in [0, 0.1) is 5.92 Å². The van der Waals surface area contributed by atoms with E-state index in [1.807, 2.05) is 13.8 Å². The number of ether oxygens (including phenoxy) is 1. The van der Waals surface area contributed by atoms with E-state index in [-0.39, 0.29) is 5.91 Å². The summed E-state index contributed by atoms with van der Waals surface area (Å²) in [6, 6.07) is 1.71. The molecule has 0 radical (unpaired) electrons. The lowest BCUT2D eigenvalue weighted by Gasteiger charge is -2.09. The van der Waals surface area contributed by atoms with Crippen molar-refractivity contribution in [2.45, 2.75) is 20.3 Å². The monoisotopic (exact) mass is 272 g/mol. The molecule has 6 nitrogen and oxygen atoms in total. The van der Waals surface area contributed by atoms with Gasteiger partial charge in [0.05, 0.1) is 30.5 Å². The average molecular weight is 272 g/mol. The van der Waals surface area contributed by atoms with Gasteiger partial charge in [-0.1, -0.05) is 13.8 Å². The first-order valence-corrected chi connectivity index (χ1v) is 6.31. The van der Waals surface area contributed by atoms with Crippen LogP contribution in [0.25, 0.3) is 0 Å². The number of anilines is 1. The van der Waals surface area contributed by atoms with Gasteiger partial charge >= 0.3 is 0 Å². The number of hydrogen-bond acceptors (Lipinski definition) is 5. The molecular weight excluding hydrogens is 256 g/mol. The first-order valence-electron chi connectivity index (χ1n) is 6.31. The van der Waals surface area contributed by atoms with E-state index in [4.69, 9.17) is 4.74 Å². The Labute approximate surface area is 117 Å². The molecule has 1 amide bonds. The second kappa shape index (κ2) is 6.60. The van der Waals surface area contributed by atoms with Crippen LogP contribution in [0.2, 0.25) is 0 Å². The molecule has 1 N–H and O–H groups in total. The minimum absolute atomic E-state index is 0.0398. The summed E-state index contributed by atoms with van der Waals surface area (Å²) in [7, 11) is 0. The Morgan fingerprint density at radius 1 is 1.15 bits per heavy atom. The number of aromatic nitrogens is 3. The summed E-state index contributed by atoms with van der Waals surface area (Å²) in [5.41, 5.74) is 0.602. The van der Waals surface area contributed by atoms with Gasteiger partial charge in [-0.25, -0.2) is 9.97 Å². The quantitative estimate of drug-likeness (QED) is 0.905. The number of carbonyl (C=O) groups excluding carboxylic acids is 1. The number of nitrogens with one attached hydrogen (secondary N) is 1. The standard InChI is InChI=1S/C14H16N4O2/c1-10(2)3-14(19)18-11-4-12(6-15-5-11)20-13-7-16-9-17-8-13/h4-10H,3H2,1-2H3,(H,18,19). The van der Waals surface area contributed by atoms with Crippen molar-refractivity contribution in [3.8, 4) is 11.5 Å². The zero-order valence-electron chi connectivity index (χ0n) is 11.4. The van der Waals surface area contributed by atoms with E-state index in [0.717, 1.165) is 0 Å². The Bertz CT molecular complexity index is 572. The van der Waals surface area contributed by atoms with Crippen LogP contribution in [0.3, 0.4) is 0 Å². The van der Waals surface area contributed by atoms with Crippen LogP contribution in [0.1, 0.15) is 20.3 Å². The molecule has 0 bridgehead atoms. The predicted molar refractivity (Wildman–Crippen MR) is 74.4 cm³/mol. The Morgan fingerprint density at radius 2 is 1.85 bits per heavy atom. The highest BCUT2D eigenvalue weighted by molar-refractivity contribution is 5.90. The van der Waals surface area contributed by atoms with Gasteiger partial charge in [0.15, 0.2) is 5.75 Å². The van der Waals surface area contributed by atoms with Gasteiger partial charge in [0.1, 0.15) is 12.1 Å². The minimum atomic E-state index is -0.0398. The number of nitrogens with zero attached hydrogens (tertiary/aromatic N) is 3. The Balaban J connectivity index is 2.03. The summed E-state index contributed by atoms with van der Waals surface area (Å²) >= 11 is 0. The van der Waals surface area contributed by atoms with Gasteiger partial charge in [0.2, 0.25) is 5.91 Å². The van der Waals surface area contributed by atoms with Crippen LogP contribution in [0.4, 0.5) is 5.69 Å². The molecule has 0 atom stereocenters. The van der Waals surface area contributed by atoms with Crippen LogP contribution < -0.4 is 10.1 Å². The highest BCUT2D eigenvalue weighted by Gasteiger charge is 2.06. The molecule has 20 heavy (non-hydrogen) atoms. The van der Waals surface area contributed by atoms with Gasteiger partial charge < -0.3 is 10.1 Å². The van der Waals surface area contributed by atoms with Gasteiger partial charge in [0, 0.05) is 12.5 Å². The summed E-state index contributed by atoms with van der Waals surface area (Å²) in [5.74, 6) is 1.30. The molecule has 0 aliphatic heterocycles. The fraction of sp³-hybridized carbons (Fsp3) is 0.286. The summed E-state index contributed by atoms with van der Waals surface area (Å²) < 4.78 is 5.54. The summed E-state index contributed by atoms with van der Waals surface area (Å²) in [6.07, 6.45) is 8.14. The van der Waals surface area contributed by atoms with Crippen LogP contribution in [-0.4, -0.2) is 20.9 Å². The van der Waals surface area contributed by atoms with Gasteiger partial charge in [0.25, 0.3) is 0 Å². The molecule has 2 rings (SSSR count). The molecule has 0 aliphatic carbocycles. The van der Waals surface area contributed by atoms with Crippen molar-refractivity contribution in [2.75, 3.05) is 5.32 Å². The molecule has 0 aromatic carbocycles. The summed E-state index contributed by atoms with van der Waals surface area (Å²) in [4.78, 5) is 23.4. The van der Waals surface area contributed by atoms with Crippen molar-refractivity contribution in [1.82, 2.24) is 15.0 Å². The van der Waals surface area contributed by atoms with Gasteiger partial charge in [-0.3, -0.25) is 9.78 Å². The molecule has 0 aliphatic rings. The number of carbonyl (C=O) groups is 1. The Kier molecular flexibility index (Phi) is 4.60. The SMILES string of the molecule is CC(C)CC(=O)Nc1cncc(Oc2cncnc2)c1. The topological polar surface area (TPSA) is 77.0 Å². The lowest BCUT2D eigenvalue weighted by molar-refractivity contribution is -0.116. The van der Waals surface area contributed by atoms with Crippen LogP contribution in [0.5, 0.6) is 11.5 Å². The van der Waals surface area contributed by atoms with E-state index in [1.54, 1.807) is 30.9 Å². The molecule has 104 valence electrons. The van der Waals surface area contributed by atoms with Crippen molar-refractivity contribution < 1.29 is 9.53 Å². The third-order valence-corrected chi connectivity index (χ3v) is 2.36. The van der Waals surface area contributed by atoms with E-state index in [1.165, 1.54) is 6.33 Å². The number of hydrogen-bond donors (Lipinski definition) is 1. The van der Waals surface area contributed by atoms with Gasteiger partial charge in [-0.05, 0) is 5.92 Å². The number of amides is 1. The Hall–Kier alpha value is -2.50. The van der Waals surface area contributed by atoms with Crippen LogP contribution >= 0.6 is 0 Å². The maximum atomic E-state index is 11.7. The maximum Gasteiger partial charge on any atom is 0.224 e. The maximum absolute atomic E-state index is 11.7. The highest BCUT2D eigenvalue weighted by Crippen LogP contribution is 2.21. The summed E-state index contributed by atoms with van der Waals surface area (Å²) in [6.45, 7) is 3.99. The highest BCUT2D eigenvalue weighted by atomic mass is 16.5. The molecule has 0 unspecified atom stereocenters. The first-order chi connectivity index (χ1) is 9.63. The van der Waals surface area contributed by atoms with E-state index in [0.29, 0.717) is 29.5 Å². The molecular formula is C14H16N4O2. The smallest absolute Gasteiger partial charge is 0.224 e. The largest absolute Gasteiger partial charge is 0.452 e. The molecule has 6 heteroatoms. The zero-order valence-corrected chi connectivity index (χ0v) is 11.4. The molecule has 0 saturated carbocycles. The van der Waals surface area contributed by atoms with E-state index >= 15 is 0 Å². The molecule has 2 aromatic rings. The first kappa shape index (κ1) is 13.9. The van der Waals surface area contributed by atoms with E-state index in [9.17, 15) is 4.79 Å². The molecule has 2 aromatic heterocycles. The molecule has 0 spiro atoms.